The van der Waals surface area contributed by atoms with Gasteiger partial charge in [0.05, 0.1) is 10.5 Å². The zero-order chi connectivity index (χ0) is 22.5. The number of benzene rings is 3. The van der Waals surface area contributed by atoms with Crippen LogP contribution in [-0.4, -0.2) is 23.5 Å². The van der Waals surface area contributed by atoms with Crippen LogP contribution in [0.15, 0.2) is 72.9 Å². The van der Waals surface area contributed by atoms with Gasteiger partial charge in [-0.1, -0.05) is 41.9 Å². The highest BCUT2D eigenvalue weighted by atomic mass is 35.5. The second kappa shape index (κ2) is 9.90. The van der Waals surface area contributed by atoms with E-state index < -0.39 is 6.09 Å². The molecule has 0 aliphatic rings. The molecular formula is C25H20Cl2N2O3. The monoisotopic (exact) mass is 466 g/mol. The number of pyridine rings is 1. The first kappa shape index (κ1) is 21.9. The molecule has 0 unspecified atom stereocenters. The van der Waals surface area contributed by atoms with Crippen molar-refractivity contribution in [1.82, 2.24) is 10.3 Å². The molecule has 7 heteroatoms. The molecule has 3 aromatic carbocycles. The summed E-state index contributed by atoms with van der Waals surface area (Å²) in [5, 5.41) is 4.14. The van der Waals surface area contributed by atoms with Crippen LogP contribution in [-0.2, 0) is 0 Å². The van der Waals surface area contributed by atoms with Crippen LogP contribution >= 0.6 is 23.2 Å². The fourth-order valence-corrected chi connectivity index (χ4v) is 3.73. The molecule has 1 heterocycles. The minimum absolute atomic E-state index is 0.313. The third-order valence-corrected chi connectivity index (χ3v) is 5.27. The zero-order valence-electron chi connectivity index (χ0n) is 17.3. The predicted octanol–water partition coefficient (Wildman–Crippen LogP) is 6.98. The predicted molar refractivity (Wildman–Crippen MR) is 128 cm³/mol. The molecule has 32 heavy (non-hydrogen) atoms. The number of carbonyl (C=O) groups is 1. The average Bonchev–Trinajstić information content (AvgIpc) is 2.78. The Morgan fingerprint density at radius 2 is 1.72 bits per heavy atom. The van der Waals surface area contributed by atoms with Crippen LogP contribution in [0.2, 0.25) is 5.02 Å². The van der Waals surface area contributed by atoms with E-state index in [1.807, 2.05) is 55.6 Å². The maximum atomic E-state index is 11.8. The molecule has 0 radical (unpaired) electrons. The number of aromatic nitrogens is 1. The van der Waals surface area contributed by atoms with Crippen LogP contribution in [0.5, 0.6) is 17.2 Å². The number of para-hydroxylation sites is 1. The van der Waals surface area contributed by atoms with Gasteiger partial charge < -0.3 is 14.8 Å². The van der Waals surface area contributed by atoms with E-state index in [1.54, 1.807) is 24.3 Å². The van der Waals surface area contributed by atoms with Gasteiger partial charge >= 0.3 is 6.09 Å². The molecular weight excluding hydrogens is 447 g/mol. The van der Waals surface area contributed by atoms with Crippen LogP contribution in [0.4, 0.5) is 4.79 Å². The maximum Gasteiger partial charge on any atom is 0.412 e. The number of hydrogen-bond acceptors (Lipinski definition) is 4. The number of hydrogen-bond donors (Lipinski definition) is 1. The van der Waals surface area contributed by atoms with E-state index >= 15 is 0 Å². The van der Waals surface area contributed by atoms with E-state index in [4.69, 9.17) is 32.7 Å². The molecule has 0 saturated carbocycles. The summed E-state index contributed by atoms with van der Waals surface area (Å²) in [4.78, 5) is 16.2. The van der Waals surface area contributed by atoms with Crippen molar-refractivity contribution in [3.05, 3.63) is 83.5 Å². The molecule has 0 aliphatic carbocycles. The van der Waals surface area contributed by atoms with Gasteiger partial charge in [-0.05, 0) is 53.9 Å². The number of nitrogens with zero attached hydrogens (tertiary/aromatic N) is 1. The van der Waals surface area contributed by atoms with Crippen LogP contribution in [0, 0.1) is 6.92 Å². The molecule has 0 saturated heterocycles. The van der Waals surface area contributed by atoms with Gasteiger partial charge in [-0.15, -0.1) is 11.6 Å². The molecule has 0 fully saturated rings. The Bertz CT molecular complexity index is 1280. The Kier molecular flexibility index (Phi) is 6.78. The van der Waals surface area contributed by atoms with Gasteiger partial charge in [-0.3, -0.25) is 4.98 Å². The van der Waals surface area contributed by atoms with Gasteiger partial charge in [0, 0.05) is 30.1 Å². The molecule has 162 valence electrons. The van der Waals surface area contributed by atoms with Crippen molar-refractivity contribution in [1.29, 1.82) is 0 Å². The summed E-state index contributed by atoms with van der Waals surface area (Å²) in [6, 6.07) is 20.4. The maximum absolute atomic E-state index is 11.8. The number of alkyl halides is 1. The van der Waals surface area contributed by atoms with Gasteiger partial charge in [0.2, 0.25) is 0 Å². The third-order valence-electron chi connectivity index (χ3n) is 4.78. The van der Waals surface area contributed by atoms with E-state index in [0.29, 0.717) is 34.7 Å². The van der Waals surface area contributed by atoms with Crippen molar-refractivity contribution >= 4 is 40.2 Å². The third kappa shape index (κ3) is 4.96. The molecule has 1 N–H and O–H groups in total. The van der Waals surface area contributed by atoms with Crippen molar-refractivity contribution in [2.24, 2.45) is 0 Å². The van der Waals surface area contributed by atoms with E-state index in [2.05, 4.69) is 10.3 Å². The van der Waals surface area contributed by atoms with Crippen LogP contribution in [0.3, 0.4) is 0 Å². The number of aryl methyl sites for hydroxylation is 1. The smallest absolute Gasteiger partial charge is 0.412 e. The number of rotatable bonds is 6. The highest BCUT2D eigenvalue weighted by Crippen LogP contribution is 2.36. The number of ether oxygens (including phenoxy) is 2. The van der Waals surface area contributed by atoms with E-state index in [9.17, 15) is 4.79 Å². The number of nitrogens with one attached hydrogen (secondary N) is 1. The van der Waals surface area contributed by atoms with Crippen molar-refractivity contribution in [2.75, 3.05) is 12.4 Å². The largest absolute Gasteiger partial charge is 0.457 e. The lowest BCUT2D eigenvalue weighted by atomic mass is 9.97. The van der Waals surface area contributed by atoms with Gasteiger partial charge in [0.15, 0.2) is 0 Å². The quantitative estimate of drug-likeness (QED) is 0.311. The van der Waals surface area contributed by atoms with Crippen LogP contribution in [0.25, 0.3) is 22.0 Å². The summed E-state index contributed by atoms with van der Waals surface area (Å²) in [5.74, 6) is 1.88. The van der Waals surface area contributed by atoms with Gasteiger partial charge in [0.1, 0.15) is 17.2 Å². The first-order valence-electron chi connectivity index (χ1n) is 9.99. The molecule has 4 rings (SSSR count). The fraction of sp³-hybridized carbons (Fsp3) is 0.120. The number of fused-ring (bicyclic) bond motifs is 1. The molecule has 1 amide bonds. The SMILES string of the molecule is Cc1cnc2c(Cl)cccc2c1-c1cccc(Oc2cccc(OC(=O)NCCCl)c2)c1. The minimum atomic E-state index is -0.566. The Morgan fingerprint density at radius 3 is 2.53 bits per heavy atom. The zero-order valence-corrected chi connectivity index (χ0v) is 18.8. The van der Waals surface area contributed by atoms with Crippen molar-refractivity contribution in [2.45, 2.75) is 6.92 Å². The molecule has 0 spiro atoms. The van der Waals surface area contributed by atoms with Crippen LogP contribution in [0.1, 0.15) is 5.56 Å². The molecule has 4 aromatic rings. The lowest BCUT2D eigenvalue weighted by molar-refractivity contribution is 0.201. The standard InChI is InChI=1S/C25H20Cl2N2O3/c1-16-15-29-24-21(9-4-10-22(24)27)23(16)17-5-2-6-18(13-17)31-19-7-3-8-20(14-19)32-25(30)28-12-11-26/h2-10,13-15H,11-12H2,1H3,(H,28,30). The number of amides is 1. The lowest BCUT2D eigenvalue weighted by Crippen LogP contribution is -2.28. The van der Waals surface area contributed by atoms with Crippen molar-refractivity contribution in [3.63, 3.8) is 0 Å². The second-order valence-electron chi connectivity index (χ2n) is 7.06. The second-order valence-corrected chi connectivity index (χ2v) is 7.85. The summed E-state index contributed by atoms with van der Waals surface area (Å²) < 4.78 is 11.3. The van der Waals surface area contributed by atoms with Crippen molar-refractivity contribution < 1.29 is 14.3 Å². The van der Waals surface area contributed by atoms with E-state index in [0.717, 1.165) is 27.6 Å². The summed E-state index contributed by atoms with van der Waals surface area (Å²) >= 11 is 11.9. The minimum Gasteiger partial charge on any atom is -0.457 e. The van der Waals surface area contributed by atoms with E-state index in [-0.39, 0.29) is 0 Å². The molecule has 0 bridgehead atoms. The fourth-order valence-electron chi connectivity index (χ4n) is 3.41. The van der Waals surface area contributed by atoms with Crippen molar-refractivity contribution in [3.8, 4) is 28.4 Å². The van der Waals surface area contributed by atoms with Gasteiger partial charge in [0.25, 0.3) is 0 Å². The Hall–Kier alpha value is -3.28. The van der Waals surface area contributed by atoms with E-state index in [1.165, 1.54) is 0 Å². The summed E-state index contributed by atoms with van der Waals surface area (Å²) in [6.07, 6.45) is 1.26. The molecule has 5 nitrogen and oxygen atoms in total. The Labute approximate surface area is 195 Å². The number of carbonyl (C=O) groups excluding carboxylic acids is 1. The Morgan fingerprint density at radius 1 is 1.00 bits per heavy atom. The van der Waals surface area contributed by atoms with Gasteiger partial charge in [-0.25, -0.2) is 4.79 Å². The molecule has 1 aromatic heterocycles. The van der Waals surface area contributed by atoms with Gasteiger partial charge in [-0.2, -0.15) is 0 Å². The first-order valence-corrected chi connectivity index (χ1v) is 10.9. The Balaban J connectivity index is 1.61. The highest BCUT2D eigenvalue weighted by Gasteiger charge is 2.12. The lowest BCUT2D eigenvalue weighted by Gasteiger charge is -2.13. The highest BCUT2D eigenvalue weighted by molar-refractivity contribution is 6.35. The topological polar surface area (TPSA) is 60.5 Å². The first-order chi connectivity index (χ1) is 15.5. The average molecular weight is 467 g/mol. The molecule has 0 aliphatic heterocycles. The number of halogens is 2. The summed E-state index contributed by atoms with van der Waals surface area (Å²) in [5.41, 5.74) is 3.84. The summed E-state index contributed by atoms with van der Waals surface area (Å²) in [6.45, 7) is 2.35. The molecule has 0 atom stereocenters. The normalized spacial score (nSPS) is 10.7. The summed E-state index contributed by atoms with van der Waals surface area (Å²) in [7, 11) is 0. The van der Waals surface area contributed by atoms with Crippen LogP contribution < -0.4 is 14.8 Å².